The Morgan fingerprint density at radius 1 is 1.24 bits per heavy atom. The Bertz CT molecular complexity index is 728. The number of nitrogens with one attached hydrogen (secondary N) is 2. The minimum atomic E-state index is -2.86. The molecular weight excluding hydrogens is 495 g/mol. The molecule has 2 aromatic rings. The Labute approximate surface area is 187 Å². The molecule has 0 atom stereocenters. The third kappa shape index (κ3) is 9.93. The minimum absolute atomic E-state index is 0. The second kappa shape index (κ2) is 14.2. The van der Waals surface area contributed by atoms with Crippen LogP contribution in [0.4, 0.5) is 8.78 Å². The molecule has 162 valence electrons. The van der Waals surface area contributed by atoms with Crippen LogP contribution in [-0.2, 0) is 17.9 Å². The van der Waals surface area contributed by atoms with Gasteiger partial charge in [0.1, 0.15) is 18.1 Å². The number of halogens is 3. The van der Waals surface area contributed by atoms with E-state index in [0.29, 0.717) is 37.8 Å². The van der Waals surface area contributed by atoms with Crippen molar-refractivity contribution in [3.63, 3.8) is 0 Å². The predicted octanol–water partition coefficient (Wildman–Crippen LogP) is 4.47. The van der Waals surface area contributed by atoms with Gasteiger partial charge in [-0.05, 0) is 38.5 Å². The van der Waals surface area contributed by atoms with Gasteiger partial charge in [-0.2, -0.15) is 8.78 Å². The summed E-state index contributed by atoms with van der Waals surface area (Å²) in [6, 6.07) is 8.77. The fourth-order valence-corrected chi connectivity index (χ4v) is 2.50. The van der Waals surface area contributed by atoms with Gasteiger partial charge in [-0.15, -0.1) is 24.0 Å². The molecule has 0 saturated heterocycles. The first kappa shape index (κ1) is 25.2. The molecule has 2 N–H and O–H groups in total. The number of hydrogen-bond acceptors (Lipinski definition) is 4. The van der Waals surface area contributed by atoms with Crippen LogP contribution >= 0.6 is 24.0 Å². The van der Waals surface area contributed by atoms with Crippen molar-refractivity contribution in [1.82, 2.24) is 10.6 Å². The van der Waals surface area contributed by atoms with Gasteiger partial charge in [-0.3, -0.25) is 0 Å². The number of furan rings is 1. The van der Waals surface area contributed by atoms with Gasteiger partial charge in [0.2, 0.25) is 0 Å². The van der Waals surface area contributed by atoms with Gasteiger partial charge in [0.25, 0.3) is 0 Å². The van der Waals surface area contributed by atoms with Crippen molar-refractivity contribution in [3.8, 4) is 5.75 Å². The molecule has 1 aromatic heterocycles. The molecule has 0 aliphatic rings. The lowest BCUT2D eigenvalue weighted by atomic mass is 10.1. The van der Waals surface area contributed by atoms with Gasteiger partial charge in [0, 0.05) is 25.3 Å². The Balaban J connectivity index is 0.00000420. The Hall–Kier alpha value is -1.88. The van der Waals surface area contributed by atoms with Crippen molar-refractivity contribution in [2.75, 3.05) is 19.7 Å². The summed E-state index contributed by atoms with van der Waals surface area (Å²) in [5, 5.41) is 6.34. The van der Waals surface area contributed by atoms with E-state index in [4.69, 9.17) is 9.15 Å². The monoisotopic (exact) mass is 523 g/mol. The number of hydrogen-bond donors (Lipinski definition) is 2. The molecule has 0 aliphatic heterocycles. The van der Waals surface area contributed by atoms with Crippen molar-refractivity contribution < 1.29 is 22.7 Å². The van der Waals surface area contributed by atoms with Crippen LogP contribution < -0.4 is 15.4 Å². The predicted molar refractivity (Wildman–Crippen MR) is 119 cm³/mol. The van der Waals surface area contributed by atoms with E-state index in [9.17, 15) is 8.78 Å². The van der Waals surface area contributed by atoms with Crippen molar-refractivity contribution in [2.24, 2.45) is 4.99 Å². The maximum atomic E-state index is 12.6. The molecule has 0 radical (unpaired) electrons. The standard InChI is InChI=1S/C20H27F2N3O3.HI/c1-3-23-20(24-9-5-10-26-14-17-6-4-11-27-17)25-13-16-12-15(2)7-8-18(16)28-19(21)22;/h4,6-8,11-12,19H,3,5,9-10,13-14H2,1-2H3,(H2,23,24,25);1H. The summed E-state index contributed by atoms with van der Waals surface area (Å²) in [5.41, 5.74) is 1.57. The van der Waals surface area contributed by atoms with Gasteiger partial charge in [0.15, 0.2) is 5.96 Å². The largest absolute Gasteiger partial charge is 0.467 e. The van der Waals surface area contributed by atoms with Crippen LogP contribution in [0.5, 0.6) is 5.75 Å². The summed E-state index contributed by atoms with van der Waals surface area (Å²) in [7, 11) is 0. The highest BCUT2D eigenvalue weighted by Crippen LogP contribution is 2.22. The molecular formula is C20H28F2IN3O3. The second-order valence-electron chi connectivity index (χ2n) is 6.10. The van der Waals surface area contributed by atoms with E-state index in [-0.39, 0.29) is 36.3 Å². The van der Waals surface area contributed by atoms with E-state index in [1.807, 2.05) is 26.0 Å². The van der Waals surface area contributed by atoms with Crippen molar-refractivity contribution in [3.05, 3.63) is 53.5 Å². The topological polar surface area (TPSA) is 68.0 Å². The van der Waals surface area contributed by atoms with Crippen molar-refractivity contribution in [2.45, 2.75) is 40.0 Å². The van der Waals surface area contributed by atoms with Gasteiger partial charge >= 0.3 is 6.61 Å². The average molecular weight is 523 g/mol. The molecule has 1 aromatic carbocycles. The number of guanidine groups is 1. The molecule has 0 bridgehead atoms. The van der Waals surface area contributed by atoms with Gasteiger partial charge in [0.05, 0.1) is 12.8 Å². The first-order chi connectivity index (χ1) is 13.6. The molecule has 0 amide bonds. The summed E-state index contributed by atoms with van der Waals surface area (Å²) in [5.74, 6) is 1.55. The number of aryl methyl sites for hydroxylation is 1. The van der Waals surface area contributed by atoms with Crippen LogP contribution in [0.15, 0.2) is 46.0 Å². The number of ether oxygens (including phenoxy) is 2. The number of rotatable bonds is 11. The van der Waals surface area contributed by atoms with E-state index in [1.54, 1.807) is 24.5 Å². The highest BCUT2D eigenvalue weighted by molar-refractivity contribution is 14.0. The number of benzene rings is 1. The minimum Gasteiger partial charge on any atom is -0.467 e. The summed E-state index contributed by atoms with van der Waals surface area (Å²) in [6.07, 6.45) is 2.40. The molecule has 6 nitrogen and oxygen atoms in total. The zero-order chi connectivity index (χ0) is 20.2. The Kier molecular flexibility index (Phi) is 12.3. The summed E-state index contributed by atoms with van der Waals surface area (Å²) >= 11 is 0. The smallest absolute Gasteiger partial charge is 0.387 e. The molecule has 0 unspecified atom stereocenters. The molecule has 1 heterocycles. The average Bonchev–Trinajstić information content (AvgIpc) is 3.17. The second-order valence-corrected chi connectivity index (χ2v) is 6.10. The van der Waals surface area contributed by atoms with E-state index in [0.717, 1.165) is 17.7 Å². The third-order valence-corrected chi connectivity index (χ3v) is 3.77. The molecule has 0 spiro atoms. The zero-order valence-corrected chi connectivity index (χ0v) is 19.0. The van der Waals surface area contributed by atoms with Crippen molar-refractivity contribution in [1.29, 1.82) is 0 Å². The van der Waals surface area contributed by atoms with Crippen LogP contribution in [0.2, 0.25) is 0 Å². The van der Waals surface area contributed by atoms with E-state index in [1.165, 1.54) is 0 Å². The molecule has 0 fully saturated rings. The van der Waals surface area contributed by atoms with Crippen LogP contribution in [0.3, 0.4) is 0 Å². The van der Waals surface area contributed by atoms with Crippen LogP contribution in [0.1, 0.15) is 30.2 Å². The highest BCUT2D eigenvalue weighted by atomic mass is 127. The maximum absolute atomic E-state index is 12.6. The third-order valence-electron chi connectivity index (χ3n) is 3.77. The lowest BCUT2D eigenvalue weighted by Crippen LogP contribution is -2.38. The first-order valence-corrected chi connectivity index (χ1v) is 9.25. The van der Waals surface area contributed by atoms with Gasteiger partial charge in [-0.1, -0.05) is 17.7 Å². The van der Waals surface area contributed by atoms with Crippen molar-refractivity contribution >= 4 is 29.9 Å². The SMILES string of the molecule is CCNC(=NCc1cc(C)ccc1OC(F)F)NCCCOCc1ccco1.I. The quantitative estimate of drug-likeness (QED) is 0.197. The van der Waals surface area contributed by atoms with Gasteiger partial charge < -0.3 is 24.5 Å². The van der Waals surface area contributed by atoms with E-state index >= 15 is 0 Å². The molecule has 0 aliphatic carbocycles. The first-order valence-electron chi connectivity index (χ1n) is 9.25. The fourth-order valence-electron chi connectivity index (χ4n) is 2.50. The lowest BCUT2D eigenvalue weighted by Gasteiger charge is -2.13. The zero-order valence-electron chi connectivity index (χ0n) is 16.6. The lowest BCUT2D eigenvalue weighted by molar-refractivity contribution is -0.0504. The van der Waals surface area contributed by atoms with E-state index in [2.05, 4.69) is 20.4 Å². The highest BCUT2D eigenvalue weighted by Gasteiger charge is 2.10. The summed E-state index contributed by atoms with van der Waals surface area (Å²) in [4.78, 5) is 4.46. The van der Waals surface area contributed by atoms with Crippen LogP contribution in [0, 0.1) is 6.92 Å². The molecule has 0 saturated carbocycles. The molecule has 29 heavy (non-hydrogen) atoms. The Morgan fingerprint density at radius 3 is 2.76 bits per heavy atom. The number of alkyl halides is 2. The van der Waals surface area contributed by atoms with E-state index < -0.39 is 6.61 Å². The number of aliphatic imine (C=N–C) groups is 1. The number of nitrogens with zero attached hydrogens (tertiary/aromatic N) is 1. The molecule has 9 heteroatoms. The molecule has 2 rings (SSSR count). The maximum Gasteiger partial charge on any atom is 0.387 e. The fraction of sp³-hybridized carbons (Fsp3) is 0.450. The van der Waals surface area contributed by atoms with Crippen LogP contribution in [0.25, 0.3) is 0 Å². The summed E-state index contributed by atoms with van der Waals surface area (Å²) < 4.78 is 40.5. The normalized spacial score (nSPS) is 11.3. The van der Waals surface area contributed by atoms with Gasteiger partial charge in [-0.25, -0.2) is 4.99 Å². The summed E-state index contributed by atoms with van der Waals surface area (Å²) in [6.45, 7) is 3.60. The van der Waals surface area contributed by atoms with Crippen LogP contribution in [-0.4, -0.2) is 32.3 Å². The Morgan fingerprint density at radius 2 is 2.07 bits per heavy atom.